The number of anilines is 1. The number of nitrogens with two attached hydrogens (primary N) is 1. The van der Waals surface area contributed by atoms with E-state index in [4.69, 9.17) is 17.3 Å². The van der Waals surface area contributed by atoms with Gasteiger partial charge in [-0.2, -0.15) is 0 Å². The van der Waals surface area contributed by atoms with Crippen LogP contribution >= 0.6 is 11.6 Å². The predicted molar refractivity (Wildman–Crippen MR) is 132 cm³/mol. The second kappa shape index (κ2) is 9.17. The molecule has 0 spiro atoms. The Morgan fingerprint density at radius 3 is 2.15 bits per heavy atom. The van der Waals surface area contributed by atoms with Crippen molar-refractivity contribution in [2.24, 2.45) is 5.73 Å². The molecule has 1 unspecified atom stereocenters. The van der Waals surface area contributed by atoms with Gasteiger partial charge in [0.25, 0.3) is 0 Å². The van der Waals surface area contributed by atoms with Gasteiger partial charge in [0, 0.05) is 47.5 Å². The molecule has 3 aromatic carbocycles. The molecule has 2 N–H and O–H groups in total. The van der Waals surface area contributed by atoms with Crippen LogP contribution in [0.1, 0.15) is 11.6 Å². The largest absolute Gasteiger partial charge is 0.351 e. The topological polar surface area (TPSA) is 75.4 Å². The van der Waals surface area contributed by atoms with E-state index in [-0.39, 0.29) is 5.91 Å². The molecular formula is C26H24ClN5O. The fraction of sp³-hybridized carbons (Fsp3) is 0.192. The zero-order valence-corrected chi connectivity index (χ0v) is 18.8. The summed E-state index contributed by atoms with van der Waals surface area (Å²) in [7, 11) is 0. The van der Waals surface area contributed by atoms with E-state index in [1.807, 2.05) is 71.6 Å². The van der Waals surface area contributed by atoms with Crippen LogP contribution < -0.4 is 10.6 Å². The van der Waals surface area contributed by atoms with Crippen LogP contribution in [0.4, 0.5) is 5.82 Å². The van der Waals surface area contributed by atoms with Crippen molar-refractivity contribution in [3.05, 3.63) is 89.4 Å². The maximum Gasteiger partial charge on any atom is 0.244 e. The summed E-state index contributed by atoms with van der Waals surface area (Å²) in [6.07, 6.45) is 0. The number of piperazine rings is 1. The third kappa shape index (κ3) is 4.27. The van der Waals surface area contributed by atoms with Crippen LogP contribution in [0.5, 0.6) is 0 Å². The Hall–Kier alpha value is -3.48. The molecule has 0 radical (unpaired) electrons. The average Bonchev–Trinajstić information content (AvgIpc) is 2.88. The zero-order valence-electron chi connectivity index (χ0n) is 18.1. The van der Waals surface area contributed by atoms with Gasteiger partial charge in [0.05, 0.1) is 0 Å². The van der Waals surface area contributed by atoms with E-state index < -0.39 is 6.04 Å². The molecule has 1 fully saturated rings. The summed E-state index contributed by atoms with van der Waals surface area (Å²) in [6.45, 7) is 2.53. The molecule has 1 amide bonds. The number of hydrogen-bond donors (Lipinski definition) is 1. The Balaban J connectivity index is 1.36. The van der Waals surface area contributed by atoms with Crippen molar-refractivity contribution in [2.75, 3.05) is 31.1 Å². The van der Waals surface area contributed by atoms with E-state index >= 15 is 0 Å². The molecule has 1 aromatic heterocycles. The molecule has 0 bridgehead atoms. The van der Waals surface area contributed by atoms with Gasteiger partial charge in [-0.25, -0.2) is 0 Å². The maximum absolute atomic E-state index is 12.9. The van der Waals surface area contributed by atoms with Crippen LogP contribution in [-0.4, -0.2) is 47.2 Å². The van der Waals surface area contributed by atoms with E-state index in [0.717, 1.165) is 33.4 Å². The van der Waals surface area contributed by atoms with E-state index in [1.165, 1.54) is 0 Å². The van der Waals surface area contributed by atoms with Crippen molar-refractivity contribution < 1.29 is 4.79 Å². The van der Waals surface area contributed by atoms with E-state index in [9.17, 15) is 4.79 Å². The Morgan fingerprint density at radius 1 is 0.818 bits per heavy atom. The number of carbonyl (C=O) groups excluding carboxylic acids is 1. The number of rotatable bonds is 4. The summed E-state index contributed by atoms with van der Waals surface area (Å²) in [5, 5.41) is 11.9. The number of amides is 1. The van der Waals surface area contributed by atoms with Crippen LogP contribution in [0, 0.1) is 0 Å². The summed E-state index contributed by atoms with van der Waals surface area (Å²) in [5.41, 5.74) is 8.87. The van der Waals surface area contributed by atoms with Gasteiger partial charge >= 0.3 is 0 Å². The minimum Gasteiger partial charge on any atom is -0.351 e. The van der Waals surface area contributed by atoms with Crippen molar-refractivity contribution in [2.45, 2.75) is 6.04 Å². The van der Waals surface area contributed by atoms with Crippen molar-refractivity contribution in [1.82, 2.24) is 15.1 Å². The van der Waals surface area contributed by atoms with Crippen LogP contribution in [0.3, 0.4) is 0 Å². The van der Waals surface area contributed by atoms with Gasteiger partial charge in [0.15, 0.2) is 5.82 Å². The molecule has 0 aliphatic carbocycles. The summed E-state index contributed by atoms with van der Waals surface area (Å²) in [5.74, 6) is 0.789. The Bertz CT molecular complexity index is 1270. The molecule has 4 aromatic rings. The summed E-state index contributed by atoms with van der Waals surface area (Å²) < 4.78 is 0. The molecule has 1 saturated heterocycles. The van der Waals surface area contributed by atoms with Gasteiger partial charge in [-0.15, -0.1) is 10.2 Å². The molecule has 7 heteroatoms. The number of carbonyl (C=O) groups is 1. The van der Waals surface area contributed by atoms with Crippen molar-refractivity contribution >= 4 is 34.1 Å². The van der Waals surface area contributed by atoms with Gasteiger partial charge in [0.1, 0.15) is 11.7 Å². The Kier molecular flexibility index (Phi) is 5.94. The normalized spacial score (nSPS) is 15.0. The average molecular weight is 458 g/mol. The molecule has 1 aliphatic rings. The number of aromatic nitrogens is 2. The Labute approximate surface area is 197 Å². The molecule has 1 atom stereocenters. The molecule has 2 heterocycles. The lowest BCUT2D eigenvalue weighted by atomic mass is 10.0. The highest BCUT2D eigenvalue weighted by Crippen LogP contribution is 2.32. The molecule has 0 saturated carbocycles. The monoisotopic (exact) mass is 457 g/mol. The minimum atomic E-state index is -0.642. The number of nitrogens with zero attached hydrogens (tertiary/aromatic N) is 4. The molecule has 166 valence electrons. The van der Waals surface area contributed by atoms with Crippen molar-refractivity contribution in [1.29, 1.82) is 0 Å². The molecular weight excluding hydrogens is 434 g/mol. The van der Waals surface area contributed by atoms with Crippen LogP contribution in [-0.2, 0) is 4.79 Å². The maximum atomic E-state index is 12.9. The first-order chi connectivity index (χ1) is 16.1. The Morgan fingerprint density at radius 2 is 1.45 bits per heavy atom. The lowest BCUT2D eigenvalue weighted by Gasteiger charge is -2.36. The number of benzene rings is 3. The standard InChI is InChI=1S/C26H24ClN5O/c27-20-12-10-19(11-13-20)24-21-8-4-5-9-22(21)25(30-29-24)31-14-16-32(17-15-31)26(33)23(28)18-6-2-1-3-7-18/h1-13,23H,14-17,28H2. The summed E-state index contributed by atoms with van der Waals surface area (Å²) in [6, 6.07) is 24.7. The fourth-order valence-corrected chi connectivity index (χ4v) is 4.41. The SMILES string of the molecule is NC(C(=O)N1CCN(c2nnc(-c3ccc(Cl)cc3)c3ccccc23)CC1)c1ccccc1. The summed E-state index contributed by atoms with van der Waals surface area (Å²) >= 11 is 6.05. The molecule has 5 rings (SSSR count). The quantitative estimate of drug-likeness (QED) is 0.494. The molecule has 33 heavy (non-hydrogen) atoms. The van der Waals surface area contributed by atoms with E-state index in [1.54, 1.807) is 0 Å². The first-order valence-electron chi connectivity index (χ1n) is 11.0. The predicted octanol–water partition coefficient (Wildman–Crippen LogP) is 4.30. The third-order valence-electron chi connectivity index (χ3n) is 6.10. The first-order valence-corrected chi connectivity index (χ1v) is 11.4. The highest BCUT2D eigenvalue weighted by Gasteiger charge is 2.27. The van der Waals surface area contributed by atoms with E-state index in [2.05, 4.69) is 27.2 Å². The van der Waals surface area contributed by atoms with Gasteiger partial charge in [-0.1, -0.05) is 78.3 Å². The number of fused-ring (bicyclic) bond motifs is 1. The van der Waals surface area contributed by atoms with Crippen LogP contribution in [0.15, 0.2) is 78.9 Å². The van der Waals surface area contributed by atoms with Gasteiger partial charge in [0.2, 0.25) is 5.91 Å². The minimum absolute atomic E-state index is 0.0464. The number of halogens is 1. The van der Waals surface area contributed by atoms with Gasteiger partial charge in [-0.3, -0.25) is 4.79 Å². The number of hydrogen-bond acceptors (Lipinski definition) is 5. The van der Waals surface area contributed by atoms with Crippen LogP contribution in [0.25, 0.3) is 22.0 Å². The van der Waals surface area contributed by atoms with Crippen molar-refractivity contribution in [3.63, 3.8) is 0 Å². The first kappa shape index (κ1) is 21.4. The third-order valence-corrected chi connectivity index (χ3v) is 6.35. The van der Waals surface area contributed by atoms with Gasteiger partial charge < -0.3 is 15.5 Å². The lowest BCUT2D eigenvalue weighted by molar-refractivity contribution is -0.133. The van der Waals surface area contributed by atoms with Crippen molar-refractivity contribution in [3.8, 4) is 11.3 Å². The van der Waals surface area contributed by atoms with Gasteiger partial charge in [-0.05, 0) is 17.7 Å². The summed E-state index contributed by atoms with van der Waals surface area (Å²) in [4.78, 5) is 17.0. The fourth-order valence-electron chi connectivity index (χ4n) is 4.28. The molecule has 6 nitrogen and oxygen atoms in total. The highest BCUT2D eigenvalue weighted by molar-refractivity contribution is 6.30. The highest BCUT2D eigenvalue weighted by atomic mass is 35.5. The lowest BCUT2D eigenvalue weighted by Crippen LogP contribution is -2.51. The smallest absolute Gasteiger partial charge is 0.244 e. The van der Waals surface area contributed by atoms with E-state index in [0.29, 0.717) is 31.2 Å². The van der Waals surface area contributed by atoms with Crippen LogP contribution in [0.2, 0.25) is 5.02 Å². The zero-order chi connectivity index (χ0) is 22.8. The second-order valence-electron chi connectivity index (χ2n) is 8.13. The second-order valence-corrected chi connectivity index (χ2v) is 8.56. The molecule has 1 aliphatic heterocycles.